The Morgan fingerprint density at radius 3 is 2.48 bits per heavy atom. The number of ether oxygens (including phenoxy) is 3. The van der Waals surface area contributed by atoms with Gasteiger partial charge in [-0.25, -0.2) is 23.0 Å². The number of amides is 4. The summed E-state index contributed by atoms with van der Waals surface area (Å²) in [7, 11) is -2.59. The molecule has 58 heavy (non-hydrogen) atoms. The highest BCUT2D eigenvalue weighted by atomic mass is 32.2. The number of aromatic nitrogens is 1. The highest BCUT2D eigenvalue weighted by Crippen LogP contribution is 2.48. The van der Waals surface area contributed by atoms with Crippen LogP contribution in [0, 0.1) is 17.8 Å². The molecule has 2 aliphatic carbocycles. The number of pyridine rings is 1. The number of alkyl carbamates (subject to hydrolysis) is 1. The molecule has 0 radical (unpaired) electrons. The van der Waals surface area contributed by atoms with Crippen molar-refractivity contribution < 1.29 is 51.7 Å². The van der Waals surface area contributed by atoms with Gasteiger partial charge in [-0.2, -0.15) is 0 Å². The molecule has 7 atom stereocenters. The zero-order valence-corrected chi connectivity index (χ0v) is 34.9. The van der Waals surface area contributed by atoms with Crippen molar-refractivity contribution in [1.29, 1.82) is 0 Å². The number of hydrogen-bond acceptors (Lipinski definition) is 11. The number of aromatic carboxylic acids is 1. The van der Waals surface area contributed by atoms with Gasteiger partial charge in [0, 0.05) is 29.3 Å². The zero-order valence-electron chi connectivity index (χ0n) is 34.1. The summed E-state index contributed by atoms with van der Waals surface area (Å²) in [6.07, 6.45) is 6.67. The lowest BCUT2D eigenvalue weighted by Crippen LogP contribution is -2.59. The van der Waals surface area contributed by atoms with Crippen LogP contribution in [0.2, 0.25) is 0 Å². The molecule has 1 aromatic heterocycles. The van der Waals surface area contributed by atoms with Crippen LogP contribution in [0.15, 0.2) is 36.5 Å². The lowest BCUT2D eigenvalue weighted by atomic mass is 9.85. The van der Waals surface area contributed by atoms with E-state index < -0.39 is 79.8 Å². The summed E-state index contributed by atoms with van der Waals surface area (Å²) in [6, 6.07) is 2.47. The predicted octanol–water partition coefficient (Wildman–Crippen LogP) is 4.46. The van der Waals surface area contributed by atoms with Gasteiger partial charge in [-0.15, -0.1) is 0 Å². The molecule has 3 heterocycles. The van der Waals surface area contributed by atoms with Crippen LogP contribution in [0.4, 0.5) is 4.79 Å². The molecule has 1 saturated heterocycles. The minimum Gasteiger partial charge on any atom is -0.497 e. The molecule has 316 valence electrons. The molecule has 2 aromatic rings. The van der Waals surface area contributed by atoms with Gasteiger partial charge in [0.25, 0.3) is 5.91 Å². The van der Waals surface area contributed by atoms with E-state index in [9.17, 15) is 37.5 Å². The van der Waals surface area contributed by atoms with Crippen molar-refractivity contribution in [2.75, 3.05) is 13.7 Å². The number of methoxy groups -OCH3 is 1. The van der Waals surface area contributed by atoms with Gasteiger partial charge in [-0.1, -0.05) is 32.4 Å². The molecule has 2 aliphatic heterocycles. The Labute approximate surface area is 338 Å². The van der Waals surface area contributed by atoms with Gasteiger partial charge in [0.05, 0.1) is 24.0 Å². The van der Waals surface area contributed by atoms with Gasteiger partial charge in [0.2, 0.25) is 27.7 Å². The Morgan fingerprint density at radius 2 is 1.84 bits per heavy atom. The van der Waals surface area contributed by atoms with Gasteiger partial charge in [0.15, 0.2) is 0 Å². The number of carboxylic acids is 1. The van der Waals surface area contributed by atoms with Gasteiger partial charge < -0.3 is 34.9 Å². The molecule has 4 aliphatic rings. The molecule has 17 heteroatoms. The van der Waals surface area contributed by atoms with E-state index in [4.69, 9.17) is 14.2 Å². The summed E-state index contributed by atoms with van der Waals surface area (Å²) in [5.41, 5.74) is -2.53. The van der Waals surface area contributed by atoms with E-state index in [0.29, 0.717) is 48.6 Å². The van der Waals surface area contributed by atoms with Crippen LogP contribution in [-0.2, 0) is 29.1 Å². The number of allylic oxidation sites excluding steroid dienone is 1. The summed E-state index contributed by atoms with van der Waals surface area (Å²) in [5.74, 6) is -3.56. The largest absolute Gasteiger partial charge is 0.497 e. The number of nitrogens with one attached hydrogen (secondary N) is 3. The van der Waals surface area contributed by atoms with Crippen LogP contribution in [0.3, 0.4) is 0 Å². The fourth-order valence-electron chi connectivity index (χ4n) is 7.99. The van der Waals surface area contributed by atoms with E-state index in [-0.39, 0.29) is 42.7 Å². The number of sulfonamides is 1. The number of rotatable bonds is 9. The Hall–Kier alpha value is -4.93. The molecule has 0 unspecified atom stereocenters. The first kappa shape index (κ1) is 42.7. The Morgan fingerprint density at radius 1 is 1.12 bits per heavy atom. The Bertz CT molecular complexity index is 2110. The summed E-state index contributed by atoms with van der Waals surface area (Å²) in [6.45, 7) is 10.6. The second kappa shape index (κ2) is 16.0. The number of hydrogen-bond donors (Lipinski definition) is 4. The maximum Gasteiger partial charge on any atom is 0.408 e. The normalized spacial score (nSPS) is 29.1. The SMILES string of the molecule is CC[C@@H]1C[C@H](C)CC/C=C\[C@@H]2C[C@@]2(C(=O)NS(=O)(=O)C2(C)CC2)NC(=O)[C@@H]2C[C@@H](Oc3ncc(C(=O)O)c4cc(OC)ccc34)CN2C(=O)[C@H]1NC(=O)OC(C)(C)C. The smallest absolute Gasteiger partial charge is 0.408 e. The minimum atomic E-state index is -4.04. The van der Waals surface area contributed by atoms with Crippen LogP contribution in [-0.4, -0.2) is 101 Å². The molecule has 4 amide bonds. The second-order valence-electron chi connectivity index (χ2n) is 17.5. The van der Waals surface area contributed by atoms with E-state index in [1.165, 1.54) is 18.2 Å². The standard InChI is InChI=1S/C41H55N5O11S/c1-8-24-17-23(2)11-9-10-12-25-20-41(25,37(51)45-58(53,54)40(6)15-16-40)44-33(47)31-19-27(22-46(31)35(48)32(24)43-38(52)57-39(3,4)5)56-34-28-14-13-26(55-7)18-29(28)30(21-42-34)36(49)50/h10,12-14,18,21,23-25,27,31-32H,8-9,11,15-17,19-20,22H2,1-7H3,(H,43,52)(H,44,47)(H,45,51)(H,49,50)/b12-10-/t23-,24-,25-,27-,31+,32+,41-/m1/s1. The van der Waals surface area contributed by atoms with Gasteiger partial charge in [-0.3, -0.25) is 19.1 Å². The molecule has 0 bridgehead atoms. The molecular formula is C41H55N5O11S. The molecule has 2 saturated carbocycles. The quantitative estimate of drug-likeness (QED) is 0.258. The number of nitrogens with zero attached hydrogens (tertiary/aromatic N) is 2. The second-order valence-corrected chi connectivity index (χ2v) is 19.7. The van der Waals surface area contributed by atoms with Crippen LogP contribution in [0.25, 0.3) is 10.8 Å². The van der Waals surface area contributed by atoms with Crippen LogP contribution in [0.1, 0.15) is 103 Å². The first-order valence-electron chi connectivity index (χ1n) is 19.9. The van der Waals surface area contributed by atoms with Crippen LogP contribution in [0.5, 0.6) is 11.6 Å². The fraction of sp³-hybridized carbons (Fsp3) is 0.610. The van der Waals surface area contributed by atoms with E-state index in [1.54, 1.807) is 45.9 Å². The van der Waals surface area contributed by atoms with Gasteiger partial charge in [-0.05, 0) is 96.3 Å². The maximum atomic E-state index is 15.0. The van der Waals surface area contributed by atoms with Crippen molar-refractivity contribution in [3.63, 3.8) is 0 Å². The first-order chi connectivity index (χ1) is 27.2. The molecule has 3 fully saturated rings. The molecule has 6 rings (SSSR count). The van der Waals surface area contributed by atoms with Crippen molar-refractivity contribution >= 4 is 50.6 Å². The topological polar surface area (TPSA) is 220 Å². The lowest BCUT2D eigenvalue weighted by Gasteiger charge is -2.34. The van der Waals surface area contributed by atoms with Gasteiger partial charge in [0.1, 0.15) is 35.1 Å². The maximum absolute atomic E-state index is 15.0. The van der Waals surface area contributed by atoms with Crippen molar-refractivity contribution in [2.24, 2.45) is 17.8 Å². The summed E-state index contributed by atoms with van der Waals surface area (Å²) >= 11 is 0. The third-order valence-electron chi connectivity index (χ3n) is 11.8. The third-order valence-corrected chi connectivity index (χ3v) is 14.0. The number of fused-ring (bicyclic) bond motifs is 3. The van der Waals surface area contributed by atoms with Crippen molar-refractivity contribution in [3.8, 4) is 11.6 Å². The van der Waals surface area contributed by atoms with Gasteiger partial charge >= 0.3 is 12.1 Å². The van der Waals surface area contributed by atoms with Crippen molar-refractivity contribution in [3.05, 3.63) is 42.1 Å². The average Bonchev–Trinajstić information content (AvgIpc) is 4.03. The fourth-order valence-corrected chi connectivity index (χ4v) is 9.31. The van der Waals surface area contributed by atoms with E-state index in [2.05, 4.69) is 27.3 Å². The van der Waals surface area contributed by atoms with E-state index >= 15 is 0 Å². The molecule has 16 nitrogen and oxygen atoms in total. The summed E-state index contributed by atoms with van der Waals surface area (Å²) < 4.78 is 44.9. The van der Waals surface area contributed by atoms with Crippen LogP contribution >= 0.6 is 0 Å². The summed E-state index contributed by atoms with van der Waals surface area (Å²) in [4.78, 5) is 74.6. The molecule has 1 aromatic carbocycles. The summed E-state index contributed by atoms with van der Waals surface area (Å²) in [5, 5.41) is 16.2. The first-order valence-corrected chi connectivity index (χ1v) is 21.4. The predicted molar refractivity (Wildman–Crippen MR) is 213 cm³/mol. The lowest BCUT2D eigenvalue weighted by molar-refractivity contribution is -0.142. The minimum absolute atomic E-state index is 0.0639. The van der Waals surface area contributed by atoms with Crippen molar-refractivity contribution in [2.45, 2.75) is 127 Å². The van der Waals surface area contributed by atoms with E-state index in [1.807, 2.05) is 19.1 Å². The molecule has 0 spiro atoms. The zero-order chi connectivity index (χ0) is 42.4. The Kier molecular flexibility index (Phi) is 11.8. The number of carbonyl (C=O) groups is 5. The number of carboxylic acid groups (broad SMARTS) is 1. The number of benzene rings is 1. The monoisotopic (exact) mass is 825 g/mol. The number of carbonyl (C=O) groups excluding carboxylic acids is 4. The average molecular weight is 826 g/mol. The molecule has 4 N–H and O–H groups in total. The highest BCUT2D eigenvalue weighted by Gasteiger charge is 2.63. The molecular weight excluding hydrogens is 771 g/mol. The van der Waals surface area contributed by atoms with Crippen molar-refractivity contribution in [1.82, 2.24) is 25.2 Å². The van der Waals surface area contributed by atoms with E-state index in [0.717, 1.165) is 6.42 Å². The highest BCUT2D eigenvalue weighted by molar-refractivity contribution is 7.91. The van der Waals surface area contributed by atoms with Crippen LogP contribution < -0.4 is 24.8 Å². The Balaban J connectivity index is 1.38. The third kappa shape index (κ3) is 8.88.